The highest BCUT2D eigenvalue weighted by Crippen LogP contribution is 2.42. The minimum absolute atomic E-state index is 0.0398. The second-order valence-corrected chi connectivity index (χ2v) is 6.76. The van der Waals surface area contributed by atoms with Crippen LogP contribution in [0.1, 0.15) is 17.3 Å². The van der Waals surface area contributed by atoms with Crippen LogP contribution in [-0.4, -0.2) is 21.7 Å². The monoisotopic (exact) mass is 385 g/mol. The molecule has 24 heavy (non-hydrogen) atoms. The number of thiophene rings is 1. The maximum atomic E-state index is 11.3. The van der Waals surface area contributed by atoms with Gasteiger partial charge < -0.3 is 5.11 Å². The number of hydrazone groups is 1. The van der Waals surface area contributed by atoms with Crippen LogP contribution in [0.3, 0.4) is 0 Å². The summed E-state index contributed by atoms with van der Waals surface area (Å²) in [6.07, 6.45) is 0.117. The molecule has 0 amide bonds. The molecule has 1 aliphatic heterocycles. The van der Waals surface area contributed by atoms with E-state index in [9.17, 15) is 20.0 Å². The lowest BCUT2D eigenvalue weighted by Crippen LogP contribution is -2.18. The number of halogens is 2. The van der Waals surface area contributed by atoms with Gasteiger partial charge in [-0.15, -0.1) is 11.3 Å². The molecule has 7 nitrogen and oxygen atoms in total. The molecule has 1 unspecified atom stereocenters. The summed E-state index contributed by atoms with van der Waals surface area (Å²) >= 11 is 13.3. The summed E-state index contributed by atoms with van der Waals surface area (Å²) in [6, 6.07) is 5.72. The van der Waals surface area contributed by atoms with E-state index in [4.69, 9.17) is 23.2 Å². The first-order chi connectivity index (χ1) is 11.4. The fraction of sp³-hybridized carbons (Fsp3) is 0.143. The van der Waals surface area contributed by atoms with Crippen LogP contribution in [0.4, 0.5) is 11.4 Å². The van der Waals surface area contributed by atoms with Gasteiger partial charge in [0.15, 0.2) is 0 Å². The summed E-state index contributed by atoms with van der Waals surface area (Å²) in [5.74, 6) is -1.14. The predicted molar refractivity (Wildman–Crippen MR) is 92.3 cm³/mol. The Morgan fingerprint density at radius 1 is 1.42 bits per heavy atom. The normalized spacial score (nSPS) is 17.0. The van der Waals surface area contributed by atoms with Crippen LogP contribution in [0.5, 0.6) is 0 Å². The summed E-state index contributed by atoms with van der Waals surface area (Å²) in [4.78, 5) is 22.3. The van der Waals surface area contributed by atoms with Crippen LogP contribution in [0, 0.1) is 10.1 Å². The Balaban J connectivity index is 2.03. The zero-order valence-electron chi connectivity index (χ0n) is 11.8. The van der Waals surface area contributed by atoms with Crippen molar-refractivity contribution in [3.8, 4) is 0 Å². The molecule has 3 rings (SSSR count). The minimum atomic E-state index is -1.14. The summed E-state index contributed by atoms with van der Waals surface area (Å²) in [7, 11) is 0. The molecular formula is C14H9Cl2N3O4S. The number of hydrogen-bond acceptors (Lipinski definition) is 6. The SMILES string of the molecule is O=C(O)C1=NN(c2ccc(Cl)cc2Cl)C(c2cc([N+](=O)[O-])cs2)C1. The third-order valence-electron chi connectivity index (χ3n) is 3.46. The smallest absolute Gasteiger partial charge is 0.352 e. The molecule has 0 bridgehead atoms. The lowest BCUT2D eigenvalue weighted by Gasteiger charge is -2.23. The topological polar surface area (TPSA) is 96.0 Å². The predicted octanol–water partition coefficient (Wildman–Crippen LogP) is 4.36. The largest absolute Gasteiger partial charge is 0.477 e. The Kier molecular flexibility index (Phi) is 4.44. The van der Waals surface area contributed by atoms with Crippen LogP contribution in [0.2, 0.25) is 10.0 Å². The average molecular weight is 386 g/mol. The summed E-state index contributed by atoms with van der Waals surface area (Å²) in [5, 5.41) is 27.9. The molecule has 2 heterocycles. The molecule has 2 aromatic rings. The first-order valence-corrected chi connectivity index (χ1v) is 8.28. The molecule has 0 saturated heterocycles. The Morgan fingerprint density at radius 2 is 2.17 bits per heavy atom. The molecule has 10 heteroatoms. The number of anilines is 1. The Labute approximate surface area is 149 Å². The van der Waals surface area contributed by atoms with Crippen molar-refractivity contribution in [2.45, 2.75) is 12.5 Å². The van der Waals surface area contributed by atoms with Crippen LogP contribution >= 0.6 is 34.5 Å². The molecule has 1 aliphatic rings. The summed E-state index contributed by atoms with van der Waals surface area (Å²) < 4.78 is 0. The highest BCUT2D eigenvalue weighted by Gasteiger charge is 2.35. The molecule has 0 radical (unpaired) electrons. The van der Waals surface area contributed by atoms with Gasteiger partial charge in [-0.25, -0.2) is 4.79 Å². The van der Waals surface area contributed by atoms with Gasteiger partial charge in [0.25, 0.3) is 5.69 Å². The van der Waals surface area contributed by atoms with Gasteiger partial charge in [0.05, 0.1) is 27.1 Å². The van der Waals surface area contributed by atoms with E-state index in [0.717, 1.165) is 0 Å². The lowest BCUT2D eigenvalue weighted by atomic mass is 10.1. The first kappa shape index (κ1) is 16.7. The number of carboxylic acids is 1. The summed E-state index contributed by atoms with van der Waals surface area (Å²) in [5.41, 5.74) is 0.404. The summed E-state index contributed by atoms with van der Waals surface area (Å²) in [6.45, 7) is 0. The third-order valence-corrected chi connectivity index (χ3v) is 5.02. The number of carbonyl (C=O) groups is 1. The number of rotatable bonds is 4. The second-order valence-electron chi connectivity index (χ2n) is 4.98. The number of hydrogen-bond donors (Lipinski definition) is 1. The molecule has 0 aliphatic carbocycles. The van der Waals surface area contributed by atoms with Gasteiger partial charge in [0.2, 0.25) is 0 Å². The van der Waals surface area contributed by atoms with Crippen molar-refractivity contribution >= 4 is 57.6 Å². The molecule has 0 saturated carbocycles. The van der Waals surface area contributed by atoms with Crippen molar-refractivity contribution in [3.05, 3.63) is 54.7 Å². The lowest BCUT2D eigenvalue weighted by molar-refractivity contribution is -0.384. The van der Waals surface area contributed by atoms with Crippen molar-refractivity contribution in [2.24, 2.45) is 5.10 Å². The van der Waals surface area contributed by atoms with Gasteiger partial charge >= 0.3 is 5.97 Å². The molecule has 124 valence electrons. The van der Waals surface area contributed by atoms with Crippen molar-refractivity contribution in [2.75, 3.05) is 5.01 Å². The maximum absolute atomic E-state index is 11.3. The van der Waals surface area contributed by atoms with E-state index in [1.54, 1.807) is 12.1 Å². The maximum Gasteiger partial charge on any atom is 0.352 e. The number of aliphatic carboxylic acids is 1. The van der Waals surface area contributed by atoms with Gasteiger partial charge in [-0.2, -0.15) is 5.10 Å². The highest BCUT2D eigenvalue weighted by molar-refractivity contribution is 7.10. The van der Waals surface area contributed by atoms with E-state index < -0.39 is 16.9 Å². The van der Waals surface area contributed by atoms with Crippen LogP contribution in [0.25, 0.3) is 0 Å². The standard InChI is InChI=1S/C14H9Cl2N3O4S/c15-7-1-2-11(9(16)3-7)18-12(5-10(17-18)14(20)21)13-4-8(6-24-13)19(22)23/h1-4,6,12H,5H2,(H,20,21). The van der Waals surface area contributed by atoms with Crippen molar-refractivity contribution in [3.63, 3.8) is 0 Å². The molecule has 0 fully saturated rings. The van der Waals surface area contributed by atoms with Crippen molar-refractivity contribution < 1.29 is 14.8 Å². The van der Waals surface area contributed by atoms with E-state index in [1.165, 1.54) is 33.9 Å². The van der Waals surface area contributed by atoms with Gasteiger partial charge in [-0.3, -0.25) is 15.1 Å². The van der Waals surface area contributed by atoms with Gasteiger partial charge in [-0.05, 0) is 18.2 Å². The van der Waals surface area contributed by atoms with E-state index in [0.29, 0.717) is 20.6 Å². The number of nitrogens with zero attached hydrogens (tertiary/aromatic N) is 3. The van der Waals surface area contributed by atoms with E-state index >= 15 is 0 Å². The molecule has 1 aromatic carbocycles. The van der Waals surface area contributed by atoms with Crippen LogP contribution in [-0.2, 0) is 4.79 Å². The molecule has 1 aromatic heterocycles. The third kappa shape index (κ3) is 3.08. The number of nitro groups is 1. The van der Waals surface area contributed by atoms with Gasteiger partial charge in [0, 0.05) is 22.4 Å². The zero-order chi connectivity index (χ0) is 17.4. The van der Waals surface area contributed by atoms with E-state index in [1.807, 2.05) is 0 Å². The van der Waals surface area contributed by atoms with E-state index in [-0.39, 0.29) is 17.8 Å². The Hall–Kier alpha value is -2.16. The Morgan fingerprint density at radius 3 is 2.75 bits per heavy atom. The van der Waals surface area contributed by atoms with Crippen LogP contribution < -0.4 is 5.01 Å². The minimum Gasteiger partial charge on any atom is -0.477 e. The molecule has 1 atom stereocenters. The van der Waals surface area contributed by atoms with Crippen molar-refractivity contribution in [1.82, 2.24) is 0 Å². The average Bonchev–Trinajstić information content (AvgIpc) is 3.13. The number of benzene rings is 1. The molecule has 0 spiro atoms. The Bertz CT molecular complexity index is 867. The fourth-order valence-corrected chi connectivity index (χ4v) is 3.80. The van der Waals surface area contributed by atoms with E-state index in [2.05, 4.69) is 5.10 Å². The first-order valence-electron chi connectivity index (χ1n) is 6.64. The quantitative estimate of drug-likeness (QED) is 0.622. The molecular weight excluding hydrogens is 377 g/mol. The van der Waals surface area contributed by atoms with Crippen molar-refractivity contribution in [1.29, 1.82) is 0 Å². The van der Waals surface area contributed by atoms with Gasteiger partial charge in [0.1, 0.15) is 5.71 Å². The van der Waals surface area contributed by atoms with Gasteiger partial charge in [-0.1, -0.05) is 23.2 Å². The fourth-order valence-electron chi connectivity index (χ4n) is 2.36. The second kappa shape index (κ2) is 6.39. The zero-order valence-corrected chi connectivity index (χ0v) is 14.2. The highest BCUT2D eigenvalue weighted by atomic mass is 35.5. The van der Waals surface area contributed by atoms with Crippen LogP contribution in [0.15, 0.2) is 34.7 Å². The number of carboxylic acid groups (broad SMARTS) is 1. The molecule has 1 N–H and O–H groups in total.